The molecule has 24 heavy (non-hydrogen) atoms. The Balaban J connectivity index is 1.57. The predicted octanol–water partition coefficient (Wildman–Crippen LogP) is 6.64. The van der Waals surface area contributed by atoms with Gasteiger partial charge in [-0.25, -0.2) is 4.79 Å². The highest BCUT2D eigenvalue weighted by molar-refractivity contribution is 5.60. The van der Waals surface area contributed by atoms with Gasteiger partial charge in [0.15, 0.2) is 0 Å². The van der Waals surface area contributed by atoms with Gasteiger partial charge in [0.1, 0.15) is 12.2 Å². The maximum Gasteiger partial charge on any atom is 0.508 e. The summed E-state index contributed by atoms with van der Waals surface area (Å²) in [5, 5.41) is 0. The number of rotatable bonds is 8. The summed E-state index contributed by atoms with van der Waals surface area (Å²) >= 11 is 0. The molecule has 2 fully saturated rings. The van der Waals surface area contributed by atoms with Crippen molar-refractivity contribution in [1.29, 1.82) is 0 Å². The van der Waals surface area contributed by atoms with Gasteiger partial charge in [-0.2, -0.15) is 0 Å². The van der Waals surface area contributed by atoms with Crippen molar-refractivity contribution in [2.75, 3.05) is 0 Å². The van der Waals surface area contributed by atoms with Crippen LogP contribution in [-0.2, 0) is 9.47 Å². The van der Waals surface area contributed by atoms with Gasteiger partial charge in [-0.3, -0.25) is 0 Å². The normalized spacial score (nSPS) is 30.8. The molecule has 0 bridgehead atoms. The third-order valence-electron chi connectivity index (χ3n) is 6.03. The Bertz CT molecular complexity index is 339. The molecule has 0 radical (unpaired) electrons. The number of carbonyl (C=O) groups is 1. The van der Waals surface area contributed by atoms with E-state index in [4.69, 9.17) is 9.47 Å². The fourth-order valence-corrected chi connectivity index (χ4v) is 4.47. The molecule has 2 saturated carbocycles. The smallest absolute Gasteiger partial charge is 0.431 e. The van der Waals surface area contributed by atoms with E-state index in [1.165, 1.54) is 64.2 Å². The lowest BCUT2D eigenvalue weighted by Crippen LogP contribution is -2.29. The van der Waals surface area contributed by atoms with Gasteiger partial charge in [0.2, 0.25) is 0 Å². The third kappa shape index (κ3) is 7.03. The number of carbonyl (C=O) groups excluding carboxylic acids is 1. The standard InChI is InChI=1S/C21H38O3/c1-3-5-6-8-18-11-15-20(16-12-18)24-21(22)23-19-13-9-17(7-4-2)10-14-19/h17-20H,3-16H2,1-2H3/t17-,18-,19-,20-. The van der Waals surface area contributed by atoms with Crippen LogP contribution in [0.4, 0.5) is 4.79 Å². The van der Waals surface area contributed by atoms with E-state index >= 15 is 0 Å². The topological polar surface area (TPSA) is 35.5 Å². The molecular weight excluding hydrogens is 300 g/mol. The molecule has 0 N–H and O–H groups in total. The molecule has 140 valence electrons. The average Bonchev–Trinajstić information content (AvgIpc) is 2.59. The first-order chi connectivity index (χ1) is 11.7. The fourth-order valence-electron chi connectivity index (χ4n) is 4.47. The van der Waals surface area contributed by atoms with Crippen molar-refractivity contribution in [3.63, 3.8) is 0 Å². The highest BCUT2D eigenvalue weighted by atomic mass is 16.7. The van der Waals surface area contributed by atoms with Gasteiger partial charge < -0.3 is 9.47 Å². The summed E-state index contributed by atoms with van der Waals surface area (Å²) < 4.78 is 11.1. The van der Waals surface area contributed by atoms with Gasteiger partial charge >= 0.3 is 6.16 Å². The summed E-state index contributed by atoms with van der Waals surface area (Å²) in [7, 11) is 0. The molecule has 2 aliphatic rings. The number of hydrogen-bond donors (Lipinski definition) is 0. The summed E-state index contributed by atoms with van der Waals surface area (Å²) in [5.41, 5.74) is 0. The van der Waals surface area contributed by atoms with E-state index in [0.717, 1.165) is 37.5 Å². The molecule has 3 heteroatoms. The van der Waals surface area contributed by atoms with E-state index < -0.39 is 6.16 Å². The lowest BCUT2D eigenvalue weighted by atomic mass is 9.84. The molecule has 0 aromatic heterocycles. The maximum absolute atomic E-state index is 12.0. The van der Waals surface area contributed by atoms with Crippen LogP contribution in [0.15, 0.2) is 0 Å². The van der Waals surface area contributed by atoms with Crippen molar-refractivity contribution >= 4 is 6.16 Å². The Morgan fingerprint density at radius 3 is 1.67 bits per heavy atom. The van der Waals surface area contributed by atoms with E-state index in [-0.39, 0.29) is 12.2 Å². The molecule has 0 aliphatic heterocycles. The Morgan fingerprint density at radius 2 is 1.21 bits per heavy atom. The summed E-state index contributed by atoms with van der Waals surface area (Å²) in [6, 6.07) is 0. The van der Waals surface area contributed by atoms with Crippen LogP contribution in [-0.4, -0.2) is 18.4 Å². The van der Waals surface area contributed by atoms with Gasteiger partial charge in [-0.15, -0.1) is 0 Å². The van der Waals surface area contributed by atoms with Crippen molar-refractivity contribution in [3.05, 3.63) is 0 Å². The van der Waals surface area contributed by atoms with Gasteiger partial charge in [-0.05, 0) is 63.2 Å². The second-order valence-electron chi connectivity index (χ2n) is 8.06. The van der Waals surface area contributed by atoms with E-state index in [0.29, 0.717) is 0 Å². The van der Waals surface area contributed by atoms with Gasteiger partial charge in [-0.1, -0.05) is 52.4 Å². The van der Waals surface area contributed by atoms with Crippen LogP contribution >= 0.6 is 0 Å². The van der Waals surface area contributed by atoms with Crippen LogP contribution in [0.2, 0.25) is 0 Å². The second-order valence-corrected chi connectivity index (χ2v) is 8.06. The first-order valence-corrected chi connectivity index (χ1v) is 10.6. The van der Waals surface area contributed by atoms with E-state index in [1.54, 1.807) is 0 Å². The Labute approximate surface area is 148 Å². The van der Waals surface area contributed by atoms with Crippen molar-refractivity contribution in [3.8, 4) is 0 Å². The van der Waals surface area contributed by atoms with Crippen molar-refractivity contribution in [2.24, 2.45) is 11.8 Å². The molecule has 2 aliphatic carbocycles. The molecule has 0 saturated heterocycles. The van der Waals surface area contributed by atoms with E-state index in [9.17, 15) is 4.79 Å². The molecule has 0 aromatic rings. The SMILES string of the molecule is CCCCC[C@H]1CC[C@H](OC(=O)O[C@H]2CC[C@H](CCC)CC2)CC1. The molecule has 0 atom stereocenters. The third-order valence-corrected chi connectivity index (χ3v) is 6.03. The fraction of sp³-hybridized carbons (Fsp3) is 0.952. The Kier molecular flexibility index (Phi) is 8.98. The minimum atomic E-state index is -0.414. The maximum atomic E-state index is 12.0. The van der Waals surface area contributed by atoms with Gasteiger partial charge in [0.05, 0.1) is 0 Å². The van der Waals surface area contributed by atoms with E-state index in [1.807, 2.05) is 0 Å². The average molecular weight is 339 g/mol. The molecule has 0 heterocycles. The molecular formula is C21H38O3. The number of unbranched alkanes of at least 4 members (excludes halogenated alkanes) is 2. The molecule has 0 unspecified atom stereocenters. The lowest BCUT2D eigenvalue weighted by molar-refractivity contribution is -0.0264. The highest BCUT2D eigenvalue weighted by Gasteiger charge is 2.27. The zero-order chi connectivity index (χ0) is 17.2. The Morgan fingerprint density at radius 1 is 0.708 bits per heavy atom. The van der Waals surface area contributed by atoms with E-state index in [2.05, 4.69) is 13.8 Å². The molecule has 0 aromatic carbocycles. The minimum Gasteiger partial charge on any atom is -0.431 e. The molecule has 0 spiro atoms. The molecule has 3 nitrogen and oxygen atoms in total. The van der Waals surface area contributed by atoms with Crippen molar-refractivity contribution < 1.29 is 14.3 Å². The number of ether oxygens (including phenoxy) is 2. The van der Waals surface area contributed by atoms with Crippen LogP contribution in [0.1, 0.15) is 104 Å². The van der Waals surface area contributed by atoms with Crippen molar-refractivity contribution in [1.82, 2.24) is 0 Å². The van der Waals surface area contributed by atoms with Crippen LogP contribution in [0.25, 0.3) is 0 Å². The largest absolute Gasteiger partial charge is 0.508 e. The highest BCUT2D eigenvalue weighted by Crippen LogP contribution is 2.32. The molecule has 0 amide bonds. The van der Waals surface area contributed by atoms with Gasteiger partial charge in [0.25, 0.3) is 0 Å². The quantitative estimate of drug-likeness (QED) is 0.367. The first kappa shape index (κ1) is 19.6. The summed E-state index contributed by atoms with van der Waals surface area (Å²) in [6.45, 7) is 4.51. The summed E-state index contributed by atoms with van der Waals surface area (Å²) in [5.74, 6) is 1.69. The zero-order valence-electron chi connectivity index (χ0n) is 15.9. The molecule has 2 rings (SSSR count). The van der Waals surface area contributed by atoms with Crippen LogP contribution < -0.4 is 0 Å². The monoisotopic (exact) mass is 338 g/mol. The minimum absolute atomic E-state index is 0.0935. The van der Waals surface area contributed by atoms with Crippen LogP contribution in [0, 0.1) is 11.8 Å². The second kappa shape index (κ2) is 11.0. The van der Waals surface area contributed by atoms with Crippen LogP contribution in [0.3, 0.4) is 0 Å². The van der Waals surface area contributed by atoms with Crippen LogP contribution in [0.5, 0.6) is 0 Å². The lowest BCUT2D eigenvalue weighted by Gasteiger charge is -2.30. The predicted molar refractivity (Wildman–Crippen MR) is 98.1 cm³/mol. The van der Waals surface area contributed by atoms with Crippen molar-refractivity contribution in [2.45, 2.75) is 116 Å². The zero-order valence-corrected chi connectivity index (χ0v) is 15.9. The first-order valence-electron chi connectivity index (χ1n) is 10.6. The summed E-state index contributed by atoms with van der Waals surface area (Å²) in [4.78, 5) is 12.0. The number of hydrogen-bond acceptors (Lipinski definition) is 3. The van der Waals surface area contributed by atoms with Gasteiger partial charge in [0, 0.05) is 0 Å². The summed E-state index contributed by atoms with van der Waals surface area (Å²) in [6.07, 6.45) is 16.6. The Hall–Kier alpha value is -0.730.